The fourth-order valence-electron chi connectivity index (χ4n) is 10.8. The Morgan fingerprint density at radius 3 is 0.686 bits per heavy atom. The van der Waals surface area contributed by atoms with Crippen LogP contribution in [-0.4, -0.2) is 49.6 Å². The number of hydrogen-bond acceptors (Lipinski definition) is 9. The summed E-state index contributed by atoms with van der Waals surface area (Å²) in [6.07, 6.45) is 0.838. The van der Waals surface area contributed by atoms with E-state index in [0.717, 1.165) is 66.8 Å². The summed E-state index contributed by atoms with van der Waals surface area (Å²) >= 11 is 0. The third-order valence-corrected chi connectivity index (χ3v) is 15.9. The summed E-state index contributed by atoms with van der Waals surface area (Å²) in [5, 5.41) is 0. The average Bonchev–Trinajstić information content (AvgIpc) is 1.29. The molecule has 0 fully saturated rings. The van der Waals surface area contributed by atoms with Crippen molar-refractivity contribution in [2.45, 2.75) is 137 Å². The van der Waals surface area contributed by atoms with Gasteiger partial charge in [0.15, 0.2) is 49.6 Å². The molecule has 8 aromatic rings. The number of carbonyl (C=O) groups excluding carboxylic acids is 4. The van der Waals surface area contributed by atoms with Crippen LogP contribution in [0.1, 0.15) is 191 Å². The number of rotatable bonds is 16. The Balaban J connectivity index is 1.34. The van der Waals surface area contributed by atoms with Gasteiger partial charge in [0.05, 0.1) is 13.2 Å². The largest absolute Gasteiger partial charge is 0.485 e. The Hall–Kier alpha value is -8.40. The van der Waals surface area contributed by atoms with Gasteiger partial charge < -0.3 is 23.7 Å². The van der Waals surface area contributed by atoms with Crippen LogP contribution in [0, 0.1) is 0 Å². The molecule has 0 saturated carbocycles. The van der Waals surface area contributed by atoms with E-state index >= 15 is 0 Å². The summed E-state index contributed by atoms with van der Waals surface area (Å²) in [6, 6.07) is 53.9. The van der Waals surface area contributed by atoms with Crippen LogP contribution in [-0.2, 0) is 58.9 Å². The predicted molar refractivity (Wildman–Crippen MR) is 343 cm³/mol. The van der Waals surface area contributed by atoms with Gasteiger partial charge in [0.25, 0.3) is 0 Å². The maximum Gasteiger partial charge on any atom is 0.200 e. The first-order chi connectivity index (χ1) is 40.8. The lowest BCUT2D eigenvalue weighted by molar-refractivity contribution is 0.0888. The van der Waals surface area contributed by atoms with E-state index in [0.29, 0.717) is 45.3 Å². The molecule has 0 aliphatic carbocycles. The summed E-state index contributed by atoms with van der Waals surface area (Å²) in [4.78, 5) is 56.7. The summed E-state index contributed by atoms with van der Waals surface area (Å²) in [7, 11) is 0. The SMILES string of the molecule is CC(C)(C)c1cc2c(OCC(=O)c3ccccc3)c(c1)Cc1cc(C(C)(C)C)cc(c1OCC(=O)c1ccccc1)Cc1cc(C(C)(C)C)cc(c1OCC(=O)c1ccccc1)Cc1cc(C(C)(C)C)cc(c1OCC(=O)c1ccccc1)COC2. The van der Waals surface area contributed by atoms with E-state index in [1.807, 2.05) is 72.8 Å². The highest BCUT2D eigenvalue weighted by molar-refractivity contribution is 5.99. The Kier molecular flexibility index (Phi) is 18.8. The molecule has 0 aromatic heterocycles. The number of hydrogen-bond donors (Lipinski definition) is 0. The zero-order chi connectivity index (χ0) is 61.6. The highest BCUT2D eigenvalue weighted by Crippen LogP contribution is 2.44. The van der Waals surface area contributed by atoms with Gasteiger partial charge in [-0.05, 0) is 89.4 Å². The molecule has 0 atom stereocenters. The summed E-state index contributed by atoms with van der Waals surface area (Å²) < 4.78 is 34.8. The lowest BCUT2D eigenvalue weighted by atomic mass is 9.80. The van der Waals surface area contributed by atoms with E-state index in [1.54, 1.807) is 48.5 Å². The quantitative estimate of drug-likeness (QED) is 0.0873. The summed E-state index contributed by atoms with van der Waals surface area (Å²) in [6.45, 7) is 25.3. The number of ether oxygens (including phenoxy) is 5. The fourth-order valence-corrected chi connectivity index (χ4v) is 10.8. The normalized spacial score (nSPS) is 13.0. The molecular formula is C77H82O9. The van der Waals surface area contributed by atoms with E-state index in [9.17, 15) is 19.2 Å². The van der Waals surface area contributed by atoms with Gasteiger partial charge in [-0.3, -0.25) is 19.2 Å². The molecule has 0 N–H and O–H groups in total. The van der Waals surface area contributed by atoms with Crippen molar-refractivity contribution in [3.8, 4) is 23.0 Å². The van der Waals surface area contributed by atoms with Crippen molar-refractivity contribution in [3.05, 3.63) is 259 Å². The molecule has 1 aliphatic rings. The number of benzene rings is 8. The first kappa shape index (κ1) is 62.1. The molecular weight excluding hydrogens is 1070 g/mol. The van der Waals surface area contributed by atoms with Crippen molar-refractivity contribution in [3.63, 3.8) is 0 Å². The van der Waals surface area contributed by atoms with Crippen LogP contribution in [0.15, 0.2) is 170 Å². The fraction of sp³-hybridized carbons (Fsp3) is 0.325. The smallest absolute Gasteiger partial charge is 0.200 e. The lowest BCUT2D eigenvalue weighted by Crippen LogP contribution is -2.20. The van der Waals surface area contributed by atoms with Gasteiger partial charge in [-0.25, -0.2) is 0 Å². The molecule has 8 bridgehead atoms. The summed E-state index contributed by atoms with van der Waals surface area (Å²) in [5.41, 5.74) is 11.1. The topological polar surface area (TPSA) is 114 Å². The minimum atomic E-state index is -0.374. The van der Waals surface area contributed by atoms with Crippen LogP contribution in [0.2, 0.25) is 0 Å². The van der Waals surface area contributed by atoms with E-state index < -0.39 is 0 Å². The van der Waals surface area contributed by atoms with E-state index in [-0.39, 0.29) is 104 Å². The zero-order valence-electron chi connectivity index (χ0n) is 52.2. The van der Waals surface area contributed by atoms with Gasteiger partial charge in [0.1, 0.15) is 23.0 Å². The van der Waals surface area contributed by atoms with Crippen LogP contribution >= 0.6 is 0 Å². The Labute approximate surface area is 509 Å². The molecule has 86 heavy (non-hydrogen) atoms. The molecule has 9 rings (SSSR count). The standard InChI is InChI=1S/C77H82O9/c1-74(2,3)62-36-54-33-55-37-63(75(4,5)6)39-57(71(55)84-47-67(79)51-27-19-14-20-28-51)35-59-41-65(77(10,11)12)43-61(73(59)86-49-69(81)53-31-23-16-24-32-53)45-82-44-60-42-64(76(7,8)9)40-58(72(60)85-48-68(80)52-29-21-15-22-30-52)34-56(38-62)70(54)83-46-66(78)50-25-17-13-18-26-50/h13-32,36-43H,33-35,44-49H2,1-12H3. The van der Waals surface area contributed by atoms with Crippen molar-refractivity contribution < 1.29 is 42.9 Å². The molecule has 1 aliphatic heterocycles. The van der Waals surface area contributed by atoms with Crippen LogP contribution in [0.25, 0.3) is 0 Å². The van der Waals surface area contributed by atoms with E-state index in [4.69, 9.17) is 23.7 Å². The van der Waals surface area contributed by atoms with Gasteiger partial charge in [-0.2, -0.15) is 0 Å². The zero-order valence-corrected chi connectivity index (χ0v) is 52.2. The Morgan fingerprint density at radius 2 is 0.488 bits per heavy atom. The van der Waals surface area contributed by atoms with Gasteiger partial charge in [-0.1, -0.05) is 241 Å². The van der Waals surface area contributed by atoms with Crippen LogP contribution in [0.5, 0.6) is 23.0 Å². The van der Waals surface area contributed by atoms with Crippen molar-refractivity contribution in [2.75, 3.05) is 26.4 Å². The van der Waals surface area contributed by atoms with Gasteiger partial charge in [0, 0.05) is 52.6 Å². The van der Waals surface area contributed by atoms with Crippen molar-refractivity contribution >= 4 is 23.1 Å². The van der Waals surface area contributed by atoms with Gasteiger partial charge in [0.2, 0.25) is 0 Å². The Bertz CT molecular complexity index is 3490. The molecule has 8 aromatic carbocycles. The molecule has 0 unspecified atom stereocenters. The number of Topliss-reactive ketones (excluding diaryl/α,β-unsaturated/α-hetero) is 4. The summed E-state index contributed by atoms with van der Waals surface area (Å²) in [5.74, 6) is 1.34. The average molecular weight is 1150 g/mol. The third-order valence-electron chi connectivity index (χ3n) is 15.9. The molecule has 0 saturated heterocycles. The number of fused-ring (bicyclic) bond motifs is 8. The van der Waals surface area contributed by atoms with Crippen LogP contribution < -0.4 is 18.9 Å². The van der Waals surface area contributed by atoms with Crippen molar-refractivity contribution in [1.29, 1.82) is 0 Å². The molecule has 0 amide bonds. The monoisotopic (exact) mass is 1150 g/mol. The Morgan fingerprint density at radius 1 is 0.302 bits per heavy atom. The maximum atomic E-state index is 14.3. The van der Waals surface area contributed by atoms with Gasteiger partial charge in [-0.15, -0.1) is 0 Å². The second-order valence-corrected chi connectivity index (χ2v) is 26.8. The molecule has 0 spiro atoms. The first-order valence-corrected chi connectivity index (χ1v) is 29.9. The van der Waals surface area contributed by atoms with Crippen molar-refractivity contribution in [2.24, 2.45) is 0 Å². The first-order valence-electron chi connectivity index (χ1n) is 29.9. The minimum Gasteiger partial charge on any atom is -0.485 e. The highest BCUT2D eigenvalue weighted by Gasteiger charge is 2.30. The minimum absolute atomic E-state index is 0.0792. The lowest BCUT2D eigenvalue weighted by Gasteiger charge is -2.28. The van der Waals surface area contributed by atoms with Crippen LogP contribution in [0.3, 0.4) is 0 Å². The van der Waals surface area contributed by atoms with E-state index in [2.05, 4.69) is 132 Å². The van der Waals surface area contributed by atoms with Crippen LogP contribution in [0.4, 0.5) is 0 Å². The maximum absolute atomic E-state index is 14.3. The van der Waals surface area contributed by atoms with Crippen molar-refractivity contribution in [1.82, 2.24) is 0 Å². The molecule has 444 valence electrons. The molecule has 9 heteroatoms. The molecule has 9 nitrogen and oxygen atoms in total. The number of ketones is 4. The van der Waals surface area contributed by atoms with E-state index in [1.165, 1.54) is 0 Å². The molecule has 1 heterocycles. The van der Waals surface area contributed by atoms with Gasteiger partial charge >= 0.3 is 0 Å². The molecule has 0 radical (unpaired) electrons. The number of carbonyl (C=O) groups is 4. The predicted octanol–water partition coefficient (Wildman–Crippen LogP) is 16.7. The second kappa shape index (κ2) is 26.1. The second-order valence-electron chi connectivity index (χ2n) is 26.8. The highest BCUT2D eigenvalue weighted by atomic mass is 16.5. The third kappa shape index (κ3) is 15.3.